The molecule has 0 radical (unpaired) electrons. The Labute approximate surface area is 220 Å². The van der Waals surface area contributed by atoms with E-state index in [1.165, 1.54) is 19.1 Å². The number of carboxylic acid groups (broad SMARTS) is 3. The molecule has 2 rings (SSSR count). The zero-order valence-corrected chi connectivity index (χ0v) is 21.1. The molecule has 0 saturated heterocycles. The molecule has 0 bridgehead atoms. The molecular weight excluding hydrogens is 500 g/mol. The standard InChI is InChI=1S/C27H34O11/c1-5-14-9-16(21(25(33)34)19(14)23(29)30)7-8-17-10-15(6-2)20(24(31)32)22(17)27(36)38-12-18(28)11-37-26(35)13(3)4/h5-8,14-22,28H,1-3,9-12H2,4H3,(H,29,30)(H,31,32)(H,33,34)/b8-7+. The number of carbonyl (C=O) groups excluding carboxylic acids is 2. The second-order valence-electron chi connectivity index (χ2n) is 9.76. The number of carbonyl (C=O) groups is 5. The van der Waals surface area contributed by atoms with Crippen LogP contribution in [0.5, 0.6) is 0 Å². The zero-order valence-electron chi connectivity index (χ0n) is 21.1. The minimum atomic E-state index is -1.35. The third kappa shape index (κ3) is 6.97. The lowest BCUT2D eigenvalue weighted by molar-refractivity contribution is -0.161. The molecule has 0 aromatic rings. The number of aliphatic hydroxyl groups excluding tert-OH is 1. The van der Waals surface area contributed by atoms with Gasteiger partial charge in [0.05, 0.1) is 23.7 Å². The van der Waals surface area contributed by atoms with Crippen LogP contribution < -0.4 is 0 Å². The van der Waals surface area contributed by atoms with Gasteiger partial charge in [-0.1, -0.05) is 30.9 Å². The molecule has 11 nitrogen and oxygen atoms in total. The molecule has 11 heteroatoms. The van der Waals surface area contributed by atoms with Crippen LogP contribution in [0.15, 0.2) is 49.6 Å². The minimum Gasteiger partial charge on any atom is -0.481 e. The molecule has 2 aliphatic carbocycles. The van der Waals surface area contributed by atoms with Gasteiger partial charge in [-0.25, -0.2) is 4.79 Å². The molecule has 0 spiro atoms. The van der Waals surface area contributed by atoms with E-state index in [1.54, 1.807) is 12.2 Å². The number of allylic oxidation sites excluding steroid dienone is 4. The van der Waals surface area contributed by atoms with Crippen molar-refractivity contribution in [2.75, 3.05) is 13.2 Å². The van der Waals surface area contributed by atoms with Crippen LogP contribution in [0.25, 0.3) is 0 Å². The molecule has 4 N–H and O–H groups in total. The first-order chi connectivity index (χ1) is 17.8. The van der Waals surface area contributed by atoms with Gasteiger partial charge in [0, 0.05) is 5.57 Å². The summed E-state index contributed by atoms with van der Waals surface area (Å²) < 4.78 is 9.99. The molecule has 0 aliphatic heterocycles. The summed E-state index contributed by atoms with van der Waals surface area (Å²) in [5.41, 5.74) is 0.121. The van der Waals surface area contributed by atoms with Crippen molar-refractivity contribution in [3.63, 3.8) is 0 Å². The molecule has 0 amide bonds. The third-order valence-corrected chi connectivity index (χ3v) is 7.22. The summed E-state index contributed by atoms with van der Waals surface area (Å²) in [4.78, 5) is 60.2. The highest BCUT2D eigenvalue weighted by Gasteiger charge is 2.51. The summed E-state index contributed by atoms with van der Waals surface area (Å²) in [5, 5.41) is 39.1. The van der Waals surface area contributed by atoms with E-state index < -0.39 is 96.5 Å². The van der Waals surface area contributed by atoms with Gasteiger partial charge in [0.1, 0.15) is 19.3 Å². The molecule has 0 heterocycles. The van der Waals surface area contributed by atoms with E-state index in [-0.39, 0.29) is 18.4 Å². The fourth-order valence-corrected chi connectivity index (χ4v) is 5.40. The van der Waals surface area contributed by atoms with Gasteiger partial charge in [-0.2, -0.15) is 0 Å². The van der Waals surface area contributed by atoms with Gasteiger partial charge in [0.15, 0.2) is 0 Å². The van der Waals surface area contributed by atoms with Gasteiger partial charge >= 0.3 is 29.8 Å². The SMILES string of the molecule is C=CC1CC(/C=C/C2CC(C=C)C(C(=O)O)C2C(=O)OCC(O)COC(=O)C(=C)C)C(C(=O)O)C1C(=O)O. The first-order valence-electron chi connectivity index (χ1n) is 12.1. The Bertz CT molecular complexity index is 1010. The highest BCUT2D eigenvalue weighted by molar-refractivity contribution is 5.87. The number of hydrogen-bond acceptors (Lipinski definition) is 8. The van der Waals surface area contributed by atoms with Crippen molar-refractivity contribution >= 4 is 29.8 Å². The quantitative estimate of drug-likeness (QED) is 0.154. The topological polar surface area (TPSA) is 185 Å². The van der Waals surface area contributed by atoms with Gasteiger partial charge in [-0.3, -0.25) is 19.2 Å². The molecule has 2 saturated carbocycles. The van der Waals surface area contributed by atoms with E-state index in [1.807, 2.05) is 0 Å². The van der Waals surface area contributed by atoms with E-state index in [0.29, 0.717) is 0 Å². The summed E-state index contributed by atoms with van der Waals surface area (Å²) in [6.45, 7) is 11.1. The Morgan fingerprint density at radius 2 is 1.16 bits per heavy atom. The van der Waals surface area contributed by atoms with Crippen molar-refractivity contribution in [2.45, 2.75) is 25.9 Å². The maximum Gasteiger partial charge on any atom is 0.333 e. The first-order valence-corrected chi connectivity index (χ1v) is 12.1. The van der Waals surface area contributed by atoms with Gasteiger partial charge < -0.3 is 29.9 Å². The molecule has 0 aromatic heterocycles. The van der Waals surface area contributed by atoms with Crippen LogP contribution in [0.2, 0.25) is 0 Å². The molecule has 0 aromatic carbocycles. The van der Waals surface area contributed by atoms with Crippen molar-refractivity contribution in [3.05, 3.63) is 49.6 Å². The normalized spacial score (nSPS) is 31.3. The molecule has 38 heavy (non-hydrogen) atoms. The van der Waals surface area contributed by atoms with Crippen LogP contribution in [-0.4, -0.2) is 69.6 Å². The minimum absolute atomic E-state index is 0.121. The second-order valence-corrected chi connectivity index (χ2v) is 9.76. The van der Waals surface area contributed by atoms with Crippen LogP contribution in [-0.2, 0) is 33.4 Å². The van der Waals surface area contributed by atoms with Crippen molar-refractivity contribution in [3.8, 4) is 0 Å². The van der Waals surface area contributed by atoms with Crippen LogP contribution in [0, 0.1) is 47.3 Å². The summed E-state index contributed by atoms with van der Waals surface area (Å²) in [6.07, 6.45) is 5.04. The van der Waals surface area contributed by atoms with E-state index in [9.17, 15) is 44.4 Å². The smallest absolute Gasteiger partial charge is 0.333 e. The Morgan fingerprint density at radius 3 is 1.58 bits per heavy atom. The number of hydrogen-bond donors (Lipinski definition) is 4. The predicted octanol–water partition coefficient (Wildman–Crippen LogP) is 1.93. The third-order valence-electron chi connectivity index (χ3n) is 7.22. The van der Waals surface area contributed by atoms with E-state index in [0.717, 1.165) is 0 Å². The number of carboxylic acids is 3. The predicted molar refractivity (Wildman–Crippen MR) is 132 cm³/mol. The Morgan fingerprint density at radius 1 is 0.763 bits per heavy atom. The molecular formula is C27H34O11. The fourth-order valence-electron chi connectivity index (χ4n) is 5.40. The highest BCUT2D eigenvalue weighted by atomic mass is 16.6. The summed E-state index contributed by atoms with van der Waals surface area (Å²) in [6, 6.07) is 0. The van der Waals surface area contributed by atoms with Crippen LogP contribution in [0.4, 0.5) is 0 Å². The van der Waals surface area contributed by atoms with Crippen LogP contribution in [0.3, 0.4) is 0 Å². The van der Waals surface area contributed by atoms with Crippen molar-refractivity contribution in [1.29, 1.82) is 0 Å². The van der Waals surface area contributed by atoms with E-state index in [4.69, 9.17) is 9.47 Å². The Kier molecular flexibility index (Phi) is 10.6. The van der Waals surface area contributed by atoms with Crippen molar-refractivity contribution in [1.82, 2.24) is 0 Å². The van der Waals surface area contributed by atoms with Crippen LogP contribution >= 0.6 is 0 Å². The van der Waals surface area contributed by atoms with Gasteiger partial charge in [0.25, 0.3) is 0 Å². The fraction of sp³-hybridized carbons (Fsp3) is 0.519. The average molecular weight is 535 g/mol. The monoisotopic (exact) mass is 534 g/mol. The van der Waals surface area contributed by atoms with Crippen LogP contribution in [0.1, 0.15) is 19.8 Å². The highest BCUT2D eigenvalue weighted by Crippen LogP contribution is 2.47. The number of ether oxygens (including phenoxy) is 2. The maximum atomic E-state index is 13.0. The van der Waals surface area contributed by atoms with Gasteiger partial charge in [-0.05, 0) is 43.4 Å². The lowest BCUT2D eigenvalue weighted by Crippen LogP contribution is -2.35. The van der Waals surface area contributed by atoms with Crippen molar-refractivity contribution in [2.24, 2.45) is 47.3 Å². The van der Waals surface area contributed by atoms with E-state index >= 15 is 0 Å². The number of aliphatic hydroxyl groups is 1. The van der Waals surface area contributed by atoms with Crippen molar-refractivity contribution < 1.29 is 53.9 Å². The lowest BCUT2D eigenvalue weighted by Gasteiger charge is -2.22. The number of aliphatic carboxylic acids is 3. The summed E-state index contributed by atoms with van der Waals surface area (Å²) in [7, 11) is 0. The molecule has 9 unspecified atom stereocenters. The van der Waals surface area contributed by atoms with Gasteiger partial charge in [0.2, 0.25) is 0 Å². The number of esters is 2. The summed E-state index contributed by atoms with van der Waals surface area (Å²) in [5.74, 6) is -12.6. The average Bonchev–Trinajstić information content (AvgIpc) is 3.42. The second kappa shape index (κ2) is 13.2. The Balaban J connectivity index is 2.23. The zero-order chi connectivity index (χ0) is 28.7. The van der Waals surface area contributed by atoms with E-state index in [2.05, 4.69) is 19.7 Å². The first kappa shape index (κ1) is 30.5. The number of rotatable bonds is 13. The summed E-state index contributed by atoms with van der Waals surface area (Å²) >= 11 is 0. The lowest BCUT2D eigenvalue weighted by atomic mass is 9.84. The largest absolute Gasteiger partial charge is 0.481 e. The van der Waals surface area contributed by atoms with Gasteiger partial charge in [-0.15, -0.1) is 13.2 Å². The molecule has 2 aliphatic rings. The Hall–Kier alpha value is -3.73. The maximum absolute atomic E-state index is 13.0. The molecule has 208 valence electrons. The molecule has 9 atom stereocenters. The molecule has 2 fully saturated rings.